The second-order valence-corrected chi connectivity index (χ2v) is 6.65. The van der Waals surface area contributed by atoms with Crippen LogP contribution in [-0.2, 0) is 6.54 Å². The van der Waals surface area contributed by atoms with Crippen LogP contribution in [0.1, 0.15) is 37.3 Å². The summed E-state index contributed by atoms with van der Waals surface area (Å²) in [6.45, 7) is 4.57. The number of nitrogens with one attached hydrogen (secondary N) is 1. The minimum atomic E-state index is -0.331. The van der Waals surface area contributed by atoms with E-state index in [1.807, 2.05) is 19.3 Å². The number of anilines is 1. The second-order valence-electron chi connectivity index (χ2n) is 6.65. The van der Waals surface area contributed by atoms with Crippen LogP contribution in [0.5, 0.6) is 0 Å². The Kier molecular flexibility index (Phi) is 5.06. The van der Waals surface area contributed by atoms with Gasteiger partial charge in [0.1, 0.15) is 5.82 Å². The van der Waals surface area contributed by atoms with E-state index in [4.69, 9.17) is 4.52 Å². The number of rotatable bonds is 6. The fourth-order valence-corrected chi connectivity index (χ4v) is 3.03. The number of hydrogen-bond donors (Lipinski definition) is 1. The Bertz CT molecular complexity index is 891. The van der Waals surface area contributed by atoms with Crippen molar-refractivity contribution in [2.24, 2.45) is 0 Å². The summed E-state index contributed by atoms with van der Waals surface area (Å²) in [6.07, 6.45) is 6.08. The first-order chi connectivity index (χ1) is 13.2. The van der Waals surface area contributed by atoms with Crippen LogP contribution >= 0.6 is 0 Å². The van der Waals surface area contributed by atoms with Gasteiger partial charge in [-0.25, -0.2) is 14.4 Å². The first-order valence-corrected chi connectivity index (χ1v) is 9.08. The SMILES string of the molecule is CC(NCc1cnc(N2CCCC2)nc1)c1nc(-c2cccc(F)c2)no1. The monoisotopic (exact) mass is 368 g/mol. The van der Waals surface area contributed by atoms with E-state index in [2.05, 4.69) is 30.3 Å². The van der Waals surface area contributed by atoms with Crippen molar-refractivity contribution in [2.45, 2.75) is 32.4 Å². The lowest BCUT2D eigenvalue weighted by Crippen LogP contribution is -2.21. The van der Waals surface area contributed by atoms with Crippen molar-refractivity contribution in [3.05, 3.63) is 53.9 Å². The normalized spacial score (nSPS) is 15.3. The highest BCUT2D eigenvalue weighted by atomic mass is 19.1. The third kappa shape index (κ3) is 4.11. The highest BCUT2D eigenvalue weighted by Crippen LogP contribution is 2.20. The van der Waals surface area contributed by atoms with Gasteiger partial charge in [-0.3, -0.25) is 0 Å². The molecule has 1 aliphatic heterocycles. The highest BCUT2D eigenvalue weighted by Gasteiger charge is 2.16. The molecule has 0 aliphatic carbocycles. The van der Waals surface area contributed by atoms with Gasteiger partial charge in [0, 0.05) is 43.2 Å². The van der Waals surface area contributed by atoms with Gasteiger partial charge in [-0.1, -0.05) is 17.3 Å². The largest absolute Gasteiger partial charge is 0.341 e. The Hall–Kier alpha value is -2.87. The van der Waals surface area contributed by atoms with E-state index in [1.165, 1.54) is 25.0 Å². The molecule has 140 valence electrons. The molecule has 1 unspecified atom stereocenters. The summed E-state index contributed by atoms with van der Waals surface area (Å²) in [6, 6.07) is 5.97. The minimum Gasteiger partial charge on any atom is -0.341 e. The van der Waals surface area contributed by atoms with Crippen molar-refractivity contribution in [1.82, 2.24) is 25.4 Å². The minimum absolute atomic E-state index is 0.155. The highest BCUT2D eigenvalue weighted by molar-refractivity contribution is 5.53. The summed E-state index contributed by atoms with van der Waals surface area (Å²) in [5, 5.41) is 7.25. The summed E-state index contributed by atoms with van der Waals surface area (Å²) >= 11 is 0. The predicted molar refractivity (Wildman–Crippen MR) is 98.4 cm³/mol. The molecule has 27 heavy (non-hydrogen) atoms. The Morgan fingerprint density at radius 3 is 2.74 bits per heavy atom. The van der Waals surface area contributed by atoms with Crippen molar-refractivity contribution in [3.63, 3.8) is 0 Å². The van der Waals surface area contributed by atoms with Crippen molar-refractivity contribution in [3.8, 4) is 11.4 Å². The third-order valence-electron chi connectivity index (χ3n) is 4.59. The van der Waals surface area contributed by atoms with Gasteiger partial charge in [0.15, 0.2) is 0 Å². The number of halogens is 1. The molecule has 3 aromatic rings. The molecule has 2 aromatic heterocycles. The molecule has 0 radical (unpaired) electrons. The molecule has 1 N–H and O–H groups in total. The summed E-state index contributed by atoms with van der Waals surface area (Å²) < 4.78 is 18.7. The molecule has 0 amide bonds. The molecule has 1 fully saturated rings. The number of benzene rings is 1. The summed E-state index contributed by atoms with van der Waals surface area (Å²) in [7, 11) is 0. The average Bonchev–Trinajstić information content (AvgIpc) is 3.38. The maximum absolute atomic E-state index is 13.3. The molecule has 1 aromatic carbocycles. The van der Waals surface area contributed by atoms with E-state index < -0.39 is 0 Å². The maximum atomic E-state index is 13.3. The molecular formula is C19H21FN6O. The van der Waals surface area contributed by atoms with Crippen LogP contribution in [0.25, 0.3) is 11.4 Å². The lowest BCUT2D eigenvalue weighted by molar-refractivity contribution is 0.339. The van der Waals surface area contributed by atoms with E-state index in [1.54, 1.807) is 12.1 Å². The fraction of sp³-hybridized carbons (Fsp3) is 0.368. The van der Waals surface area contributed by atoms with Crippen LogP contribution in [0.2, 0.25) is 0 Å². The quantitative estimate of drug-likeness (QED) is 0.716. The first kappa shape index (κ1) is 17.5. The molecule has 1 saturated heterocycles. The smallest absolute Gasteiger partial charge is 0.243 e. The molecule has 1 atom stereocenters. The molecule has 1 aliphatic rings. The van der Waals surface area contributed by atoms with Crippen LogP contribution in [-0.4, -0.2) is 33.2 Å². The van der Waals surface area contributed by atoms with Gasteiger partial charge in [0.05, 0.1) is 6.04 Å². The van der Waals surface area contributed by atoms with Gasteiger partial charge in [-0.05, 0) is 31.9 Å². The van der Waals surface area contributed by atoms with Crippen molar-refractivity contribution in [2.75, 3.05) is 18.0 Å². The summed E-state index contributed by atoms with van der Waals surface area (Å²) in [4.78, 5) is 15.5. The van der Waals surface area contributed by atoms with E-state index in [0.717, 1.165) is 24.6 Å². The van der Waals surface area contributed by atoms with E-state index in [9.17, 15) is 4.39 Å². The van der Waals surface area contributed by atoms with Gasteiger partial charge in [-0.2, -0.15) is 4.98 Å². The zero-order valence-electron chi connectivity index (χ0n) is 15.1. The van der Waals surface area contributed by atoms with Gasteiger partial charge >= 0.3 is 0 Å². The van der Waals surface area contributed by atoms with Crippen LogP contribution in [0, 0.1) is 5.82 Å². The molecular weight excluding hydrogens is 347 g/mol. The lowest BCUT2D eigenvalue weighted by Gasteiger charge is -2.15. The standard InChI is InChI=1S/C19H21FN6O/c1-13(18-24-17(25-27-18)15-5-4-6-16(20)9-15)21-10-14-11-22-19(23-12-14)26-7-2-3-8-26/h4-6,9,11-13,21H,2-3,7-8,10H2,1H3. The van der Waals surface area contributed by atoms with Gasteiger partial charge in [-0.15, -0.1) is 0 Å². The van der Waals surface area contributed by atoms with Gasteiger partial charge < -0.3 is 14.7 Å². The van der Waals surface area contributed by atoms with E-state index >= 15 is 0 Å². The van der Waals surface area contributed by atoms with Crippen molar-refractivity contribution >= 4 is 5.95 Å². The van der Waals surface area contributed by atoms with E-state index in [0.29, 0.717) is 23.8 Å². The molecule has 0 saturated carbocycles. The summed E-state index contributed by atoms with van der Waals surface area (Å²) in [5.74, 6) is 1.28. The summed E-state index contributed by atoms with van der Waals surface area (Å²) in [5.41, 5.74) is 1.57. The number of hydrogen-bond acceptors (Lipinski definition) is 7. The van der Waals surface area contributed by atoms with Crippen molar-refractivity contribution < 1.29 is 8.91 Å². The Morgan fingerprint density at radius 1 is 1.22 bits per heavy atom. The van der Waals surface area contributed by atoms with Crippen molar-refractivity contribution in [1.29, 1.82) is 0 Å². The van der Waals surface area contributed by atoms with Crippen LogP contribution < -0.4 is 10.2 Å². The molecule has 8 heteroatoms. The zero-order chi connectivity index (χ0) is 18.6. The Labute approximate surface area is 156 Å². The zero-order valence-corrected chi connectivity index (χ0v) is 15.1. The molecule has 0 spiro atoms. The Balaban J connectivity index is 1.36. The first-order valence-electron chi connectivity index (χ1n) is 9.08. The second kappa shape index (κ2) is 7.79. The fourth-order valence-electron chi connectivity index (χ4n) is 3.03. The van der Waals surface area contributed by atoms with Gasteiger partial charge in [0.25, 0.3) is 0 Å². The molecule has 4 rings (SSSR count). The van der Waals surface area contributed by atoms with Crippen LogP contribution in [0.4, 0.5) is 10.3 Å². The lowest BCUT2D eigenvalue weighted by atomic mass is 10.2. The maximum Gasteiger partial charge on any atom is 0.243 e. The predicted octanol–water partition coefficient (Wildman–Crippen LogP) is 3.12. The average molecular weight is 368 g/mol. The third-order valence-corrected chi connectivity index (χ3v) is 4.59. The molecule has 7 nitrogen and oxygen atoms in total. The van der Waals surface area contributed by atoms with Crippen LogP contribution in [0.15, 0.2) is 41.2 Å². The van der Waals surface area contributed by atoms with Crippen LogP contribution in [0.3, 0.4) is 0 Å². The molecule has 0 bridgehead atoms. The van der Waals surface area contributed by atoms with E-state index in [-0.39, 0.29) is 11.9 Å². The topological polar surface area (TPSA) is 80.0 Å². The Morgan fingerprint density at radius 2 is 2.00 bits per heavy atom. The number of aromatic nitrogens is 4. The molecule has 3 heterocycles. The van der Waals surface area contributed by atoms with Gasteiger partial charge in [0.2, 0.25) is 17.7 Å². The number of nitrogens with zero attached hydrogens (tertiary/aromatic N) is 5.